The normalized spacial score (nSPS) is 13.1. The molecule has 1 amide bonds. The number of carbonyl (C=O) groups is 2. The fourth-order valence-electron chi connectivity index (χ4n) is 3.90. The van der Waals surface area contributed by atoms with E-state index in [1.165, 1.54) is 31.3 Å². The number of unbranched alkanes of at least 4 members (excludes halogenated alkanes) is 1. The molecule has 2 aromatic rings. The standard InChI is InChI=1S/C25H30FN3O6S/c1-16-14-20(17-7-8-17)24(29(36(3,33)34)13-5-4-6-21(30)31)28-15-35-23(22(16)25(32)27-2)18-9-11-19(26)12-10-18/h9-12,14-15,17H,4-8,13H2,1-3H3,(H,27,32)(H,30,31). The second-order valence-electron chi connectivity index (χ2n) is 8.71. The van der Waals surface area contributed by atoms with Crippen LogP contribution in [0, 0.1) is 12.7 Å². The summed E-state index contributed by atoms with van der Waals surface area (Å²) >= 11 is 0. The van der Waals surface area contributed by atoms with Crippen molar-refractivity contribution in [3.05, 3.63) is 59.2 Å². The molecule has 0 unspecified atom stereocenters. The Morgan fingerprint density at radius 2 is 1.89 bits per heavy atom. The highest BCUT2D eigenvalue weighted by molar-refractivity contribution is 7.92. The Morgan fingerprint density at radius 1 is 1.22 bits per heavy atom. The van der Waals surface area contributed by atoms with E-state index in [2.05, 4.69) is 10.3 Å². The maximum absolute atomic E-state index is 13.6. The zero-order chi connectivity index (χ0) is 26.5. The first-order valence-electron chi connectivity index (χ1n) is 11.6. The number of carbonyl (C=O) groups excluding carboxylic acids is 1. The van der Waals surface area contributed by atoms with Crippen molar-refractivity contribution in [1.29, 1.82) is 0 Å². The summed E-state index contributed by atoms with van der Waals surface area (Å²) in [7, 11) is -2.29. The number of aromatic nitrogens is 1. The number of aliphatic carboxylic acids is 1. The zero-order valence-electron chi connectivity index (χ0n) is 20.5. The van der Waals surface area contributed by atoms with Gasteiger partial charge in [-0.25, -0.2) is 17.8 Å². The molecule has 0 atom stereocenters. The number of hydrogen-bond acceptors (Lipinski definition) is 6. The fourth-order valence-corrected chi connectivity index (χ4v) is 4.82. The molecule has 0 radical (unpaired) electrons. The van der Waals surface area contributed by atoms with Crippen molar-refractivity contribution in [2.45, 2.75) is 44.9 Å². The van der Waals surface area contributed by atoms with E-state index in [1.54, 1.807) is 13.0 Å². The van der Waals surface area contributed by atoms with Crippen LogP contribution in [0.1, 0.15) is 59.5 Å². The van der Waals surface area contributed by atoms with Crippen molar-refractivity contribution >= 4 is 27.7 Å². The van der Waals surface area contributed by atoms with E-state index >= 15 is 0 Å². The van der Waals surface area contributed by atoms with Gasteiger partial charge in [0.1, 0.15) is 17.4 Å². The van der Waals surface area contributed by atoms with E-state index in [0.29, 0.717) is 29.5 Å². The Morgan fingerprint density at radius 3 is 2.44 bits per heavy atom. The molecule has 9 nitrogen and oxygen atoms in total. The molecule has 1 aliphatic carbocycles. The van der Waals surface area contributed by atoms with E-state index in [-0.39, 0.29) is 36.0 Å². The predicted molar refractivity (Wildman–Crippen MR) is 133 cm³/mol. The lowest BCUT2D eigenvalue weighted by Crippen LogP contribution is -2.32. The second-order valence-corrected chi connectivity index (χ2v) is 10.6. The number of carboxylic acid groups (broad SMARTS) is 1. The van der Waals surface area contributed by atoms with E-state index in [1.807, 2.05) is 0 Å². The quantitative estimate of drug-likeness (QED) is 0.451. The molecule has 1 saturated carbocycles. The van der Waals surface area contributed by atoms with E-state index in [0.717, 1.165) is 29.8 Å². The monoisotopic (exact) mass is 519 g/mol. The number of hydrogen-bond donors (Lipinski definition) is 2. The highest BCUT2D eigenvalue weighted by Crippen LogP contribution is 2.44. The van der Waals surface area contributed by atoms with Gasteiger partial charge in [0.25, 0.3) is 5.91 Å². The zero-order valence-corrected chi connectivity index (χ0v) is 21.3. The fraction of sp³-hybridized carbons (Fsp3) is 0.400. The van der Waals surface area contributed by atoms with Gasteiger partial charge in [0.15, 0.2) is 6.39 Å². The van der Waals surface area contributed by atoms with Gasteiger partial charge in [0.05, 0.1) is 11.8 Å². The molecule has 1 heterocycles. The van der Waals surface area contributed by atoms with Gasteiger partial charge in [0.2, 0.25) is 10.0 Å². The average Bonchev–Trinajstić information content (AvgIpc) is 3.64. The van der Waals surface area contributed by atoms with Crippen LogP contribution in [0.5, 0.6) is 0 Å². The molecule has 0 spiro atoms. The van der Waals surface area contributed by atoms with Crippen LogP contribution in [0.25, 0.3) is 11.3 Å². The minimum Gasteiger partial charge on any atom is -0.481 e. The summed E-state index contributed by atoms with van der Waals surface area (Å²) in [6.07, 6.45) is 4.37. The Bertz CT molecular complexity index is 1290. The van der Waals surface area contributed by atoms with Crippen molar-refractivity contribution in [2.24, 2.45) is 0 Å². The van der Waals surface area contributed by atoms with Crippen LogP contribution in [-0.4, -0.2) is 50.2 Å². The number of sulfonamides is 1. The molecule has 1 aliphatic rings. The number of nitrogens with one attached hydrogen (secondary N) is 1. The lowest BCUT2D eigenvalue weighted by atomic mass is 10.0. The van der Waals surface area contributed by atoms with Crippen LogP contribution >= 0.6 is 0 Å². The molecular weight excluding hydrogens is 489 g/mol. The van der Waals surface area contributed by atoms with Gasteiger partial charge >= 0.3 is 5.97 Å². The lowest BCUT2D eigenvalue weighted by molar-refractivity contribution is -0.137. The number of amides is 1. The topological polar surface area (TPSA) is 130 Å². The second kappa shape index (κ2) is 11.5. The maximum atomic E-state index is 13.6. The van der Waals surface area contributed by atoms with Crippen molar-refractivity contribution in [2.75, 3.05) is 24.2 Å². The summed E-state index contributed by atoms with van der Waals surface area (Å²) in [5.74, 6) is -1.46. The Hall–Kier alpha value is -3.47. The molecule has 36 heavy (non-hydrogen) atoms. The molecule has 11 heteroatoms. The maximum Gasteiger partial charge on any atom is 0.303 e. The predicted octanol–water partition coefficient (Wildman–Crippen LogP) is 4.17. The summed E-state index contributed by atoms with van der Waals surface area (Å²) in [4.78, 5) is 28.2. The summed E-state index contributed by atoms with van der Waals surface area (Å²) < 4.78 is 46.1. The molecule has 1 fully saturated rings. The number of halogens is 1. The van der Waals surface area contributed by atoms with Gasteiger partial charge in [0, 0.05) is 25.6 Å². The summed E-state index contributed by atoms with van der Waals surface area (Å²) in [5.41, 5.74) is 1.83. The Balaban J connectivity index is 2.25. The van der Waals surface area contributed by atoms with Crippen LogP contribution in [0.4, 0.5) is 10.2 Å². The third-order valence-corrected chi connectivity index (χ3v) is 6.97. The van der Waals surface area contributed by atoms with Gasteiger partial charge in [-0.2, -0.15) is 0 Å². The summed E-state index contributed by atoms with van der Waals surface area (Å²) in [6, 6.07) is 7.21. The van der Waals surface area contributed by atoms with E-state index in [4.69, 9.17) is 9.52 Å². The molecule has 1 aromatic heterocycles. The number of aryl methyl sites for hydroxylation is 1. The molecule has 194 valence electrons. The van der Waals surface area contributed by atoms with Crippen LogP contribution in [0.3, 0.4) is 0 Å². The first-order chi connectivity index (χ1) is 17.0. The summed E-state index contributed by atoms with van der Waals surface area (Å²) in [6.45, 7) is 1.77. The van der Waals surface area contributed by atoms with E-state index in [9.17, 15) is 22.4 Å². The molecule has 3 rings (SSSR count). The molecule has 0 saturated heterocycles. The summed E-state index contributed by atoms with van der Waals surface area (Å²) in [5, 5.41) is 11.5. The third-order valence-electron chi connectivity index (χ3n) is 5.81. The number of nitrogens with zero attached hydrogens (tertiary/aromatic N) is 2. The van der Waals surface area contributed by atoms with Crippen LogP contribution in [0.15, 0.2) is 41.1 Å². The van der Waals surface area contributed by atoms with Gasteiger partial charge in [-0.1, -0.05) is 6.07 Å². The van der Waals surface area contributed by atoms with E-state index < -0.39 is 27.7 Å². The average molecular weight is 520 g/mol. The SMILES string of the molecule is CNC(=O)c1c(C)cc(C2CC2)c(N(CCCCC(=O)O)S(C)(=O)=O)ncoc1-c1ccc(F)cc1. The number of benzene rings is 1. The molecule has 0 bridgehead atoms. The lowest BCUT2D eigenvalue weighted by Gasteiger charge is -2.23. The molecule has 1 aromatic carbocycles. The minimum absolute atomic E-state index is 0.0441. The van der Waals surface area contributed by atoms with Crippen LogP contribution < -0.4 is 9.62 Å². The largest absolute Gasteiger partial charge is 0.481 e. The smallest absolute Gasteiger partial charge is 0.303 e. The van der Waals surface area contributed by atoms with Crippen molar-refractivity contribution in [1.82, 2.24) is 10.3 Å². The van der Waals surface area contributed by atoms with Gasteiger partial charge in [-0.3, -0.25) is 13.9 Å². The molecule has 0 aliphatic heterocycles. The van der Waals surface area contributed by atoms with Gasteiger partial charge < -0.3 is 14.8 Å². The number of rotatable bonds is 10. The number of anilines is 1. The Labute approximate surface area is 209 Å². The Kier molecular flexibility index (Phi) is 8.67. The third kappa shape index (κ3) is 6.81. The highest BCUT2D eigenvalue weighted by Gasteiger charge is 2.31. The van der Waals surface area contributed by atoms with Crippen LogP contribution in [0.2, 0.25) is 0 Å². The van der Waals surface area contributed by atoms with Crippen molar-refractivity contribution < 1.29 is 31.9 Å². The number of carboxylic acids is 1. The van der Waals surface area contributed by atoms with Gasteiger partial charge in [-0.05, 0) is 73.9 Å². The first kappa shape index (κ1) is 27.1. The van der Waals surface area contributed by atoms with Crippen molar-refractivity contribution in [3.8, 4) is 11.3 Å². The molecular formula is C25H30FN3O6S. The highest BCUT2D eigenvalue weighted by atomic mass is 32.2. The first-order valence-corrected chi connectivity index (χ1v) is 13.4. The van der Waals surface area contributed by atoms with Crippen molar-refractivity contribution in [3.63, 3.8) is 0 Å². The molecule has 2 N–H and O–H groups in total. The van der Waals surface area contributed by atoms with Crippen LogP contribution in [-0.2, 0) is 14.8 Å². The van der Waals surface area contributed by atoms with Gasteiger partial charge in [-0.15, -0.1) is 0 Å². The minimum atomic E-state index is -3.77.